The molecule has 4 heteroatoms. The van der Waals surface area contributed by atoms with E-state index in [0.717, 1.165) is 17.8 Å². The van der Waals surface area contributed by atoms with Crippen molar-refractivity contribution >= 4 is 16.5 Å². The quantitative estimate of drug-likeness (QED) is 0.885. The second-order valence-corrected chi connectivity index (χ2v) is 4.90. The van der Waals surface area contributed by atoms with Gasteiger partial charge in [0.05, 0.1) is 5.69 Å². The van der Waals surface area contributed by atoms with Crippen LogP contribution < -0.4 is 5.73 Å². The first kappa shape index (κ1) is 11.1. The molecule has 0 saturated heterocycles. The number of nitrogen functional groups attached to an aromatic ring is 1. The minimum absolute atomic E-state index is 0.619. The summed E-state index contributed by atoms with van der Waals surface area (Å²) >= 11 is 1.48. The van der Waals surface area contributed by atoms with E-state index in [1.807, 2.05) is 5.38 Å². The van der Waals surface area contributed by atoms with Crippen LogP contribution in [0.25, 0.3) is 11.3 Å². The van der Waals surface area contributed by atoms with Crippen molar-refractivity contribution in [2.24, 2.45) is 0 Å². The highest BCUT2D eigenvalue weighted by Crippen LogP contribution is 2.23. The van der Waals surface area contributed by atoms with E-state index in [1.165, 1.54) is 16.9 Å². The Kier molecular flexibility index (Phi) is 3.22. The fraction of sp³-hybridized carbons (Fsp3) is 0.250. The molecule has 0 aliphatic carbocycles. The molecule has 0 unspecified atom stereocenters. The van der Waals surface area contributed by atoms with Gasteiger partial charge in [-0.2, -0.15) is 0 Å². The zero-order valence-corrected chi connectivity index (χ0v) is 10.3. The summed E-state index contributed by atoms with van der Waals surface area (Å²) < 4.78 is 0. The zero-order chi connectivity index (χ0) is 11.5. The number of aromatic nitrogens is 1. The van der Waals surface area contributed by atoms with Crippen molar-refractivity contribution in [1.82, 2.24) is 9.88 Å². The van der Waals surface area contributed by atoms with Gasteiger partial charge in [0.15, 0.2) is 5.13 Å². The summed E-state index contributed by atoms with van der Waals surface area (Å²) in [6, 6.07) is 8.41. The fourth-order valence-electron chi connectivity index (χ4n) is 1.61. The van der Waals surface area contributed by atoms with Gasteiger partial charge < -0.3 is 10.6 Å². The van der Waals surface area contributed by atoms with Crippen LogP contribution in [-0.4, -0.2) is 24.0 Å². The summed E-state index contributed by atoms with van der Waals surface area (Å²) in [5.41, 5.74) is 9.01. The van der Waals surface area contributed by atoms with Crippen LogP contribution in [0.3, 0.4) is 0 Å². The first-order valence-corrected chi connectivity index (χ1v) is 5.98. The van der Waals surface area contributed by atoms with Gasteiger partial charge in [-0.15, -0.1) is 11.3 Å². The number of thiazole rings is 1. The number of benzene rings is 1. The molecule has 2 rings (SSSR count). The Labute approximate surface area is 99.5 Å². The van der Waals surface area contributed by atoms with Crippen molar-refractivity contribution < 1.29 is 0 Å². The lowest BCUT2D eigenvalue weighted by Gasteiger charge is -2.10. The topological polar surface area (TPSA) is 42.1 Å². The summed E-state index contributed by atoms with van der Waals surface area (Å²) in [4.78, 5) is 6.43. The van der Waals surface area contributed by atoms with Crippen LogP contribution in [0.1, 0.15) is 5.56 Å². The molecule has 0 spiro atoms. The van der Waals surface area contributed by atoms with Crippen LogP contribution in [-0.2, 0) is 6.54 Å². The molecule has 2 aromatic rings. The fourth-order valence-corrected chi connectivity index (χ4v) is 2.19. The molecule has 1 aromatic heterocycles. The Hall–Kier alpha value is -1.39. The van der Waals surface area contributed by atoms with Crippen molar-refractivity contribution in [2.45, 2.75) is 6.54 Å². The average molecular weight is 233 g/mol. The Bertz CT molecular complexity index is 477. The van der Waals surface area contributed by atoms with Gasteiger partial charge >= 0.3 is 0 Å². The second kappa shape index (κ2) is 4.63. The number of nitrogens with two attached hydrogens (primary N) is 1. The minimum Gasteiger partial charge on any atom is -0.375 e. The van der Waals surface area contributed by atoms with Crippen molar-refractivity contribution in [3.05, 3.63) is 35.2 Å². The van der Waals surface area contributed by atoms with E-state index in [2.05, 4.69) is 48.2 Å². The Morgan fingerprint density at radius 2 is 2.19 bits per heavy atom. The number of anilines is 1. The molecule has 0 aliphatic heterocycles. The SMILES string of the molecule is CN(C)Cc1cccc(-c2csc(N)n2)c1. The molecule has 2 N–H and O–H groups in total. The molecule has 84 valence electrons. The molecule has 1 heterocycles. The van der Waals surface area contributed by atoms with Crippen LogP contribution in [0.2, 0.25) is 0 Å². The lowest BCUT2D eigenvalue weighted by atomic mass is 10.1. The maximum absolute atomic E-state index is 5.63. The maximum atomic E-state index is 5.63. The predicted molar refractivity (Wildman–Crippen MR) is 69.4 cm³/mol. The molecular weight excluding hydrogens is 218 g/mol. The number of nitrogens with zero attached hydrogens (tertiary/aromatic N) is 2. The maximum Gasteiger partial charge on any atom is 0.180 e. The smallest absolute Gasteiger partial charge is 0.180 e. The van der Waals surface area contributed by atoms with E-state index in [-0.39, 0.29) is 0 Å². The predicted octanol–water partition coefficient (Wildman–Crippen LogP) is 2.45. The van der Waals surface area contributed by atoms with Gasteiger partial charge in [-0.05, 0) is 25.7 Å². The minimum atomic E-state index is 0.619. The average Bonchev–Trinajstić information content (AvgIpc) is 2.64. The lowest BCUT2D eigenvalue weighted by molar-refractivity contribution is 0.402. The van der Waals surface area contributed by atoms with Crippen LogP contribution in [0.5, 0.6) is 0 Å². The number of hydrogen-bond donors (Lipinski definition) is 1. The van der Waals surface area contributed by atoms with Crippen LogP contribution in [0, 0.1) is 0 Å². The third-order valence-corrected chi connectivity index (χ3v) is 2.92. The highest BCUT2D eigenvalue weighted by Gasteiger charge is 2.03. The first-order valence-electron chi connectivity index (χ1n) is 5.10. The van der Waals surface area contributed by atoms with Crippen LogP contribution >= 0.6 is 11.3 Å². The highest BCUT2D eigenvalue weighted by molar-refractivity contribution is 7.13. The molecule has 3 nitrogen and oxygen atoms in total. The van der Waals surface area contributed by atoms with Gasteiger partial charge in [-0.25, -0.2) is 4.98 Å². The van der Waals surface area contributed by atoms with Gasteiger partial charge in [-0.3, -0.25) is 0 Å². The molecule has 0 bridgehead atoms. The Morgan fingerprint density at radius 1 is 1.38 bits per heavy atom. The largest absolute Gasteiger partial charge is 0.375 e. The molecule has 0 atom stereocenters. The van der Waals surface area contributed by atoms with Gasteiger partial charge in [-0.1, -0.05) is 18.2 Å². The molecule has 0 fully saturated rings. The van der Waals surface area contributed by atoms with Gasteiger partial charge in [0.25, 0.3) is 0 Å². The lowest BCUT2D eigenvalue weighted by Crippen LogP contribution is -2.10. The summed E-state index contributed by atoms with van der Waals surface area (Å²) in [5.74, 6) is 0. The molecule has 0 aliphatic rings. The van der Waals surface area contributed by atoms with Crippen molar-refractivity contribution in [3.63, 3.8) is 0 Å². The van der Waals surface area contributed by atoms with Gasteiger partial charge in [0.2, 0.25) is 0 Å². The normalized spacial score (nSPS) is 10.9. The van der Waals surface area contributed by atoms with E-state index < -0.39 is 0 Å². The second-order valence-electron chi connectivity index (χ2n) is 4.01. The van der Waals surface area contributed by atoms with E-state index >= 15 is 0 Å². The van der Waals surface area contributed by atoms with Crippen molar-refractivity contribution in [2.75, 3.05) is 19.8 Å². The molecule has 0 radical (unpaired) electrons. The molecule has 0 saturated carbocycles. The van der Waals surface area contributed by atoms with Crippen molar-refractivity contribution in [3.8, 4) is 11.3 Å². The summed E-state index contributed by atoms with van der Waals surface area (Å²) in [6.07, 6.45) is 0. The zero-order valence-electron chi connectivity index (χ0n) is 9.47. The van der Waals surface area contributed by atoms with Crippen LogP contribution in [0.4, 0.5) is 5.13 Å². The van der Waals surface area contributed by atoms with E-state index in [1.54, 1.807) is 0 Å². The third kappa shape index (κ3) is 2.59. The molecule has 1 aromatic carbocycles. The third-order valence-electron chi connectivity index (χ3n) is 2.24. The number of hydrogen-bond acceptors (Lipinski definition) is 4. The summed E-state index contributed by atoms with van der Waals surface area (Å²) in [6.45, 7) is 0.938. The van der Waals surface area contributed by atoms with E-state index in [4.69, 9.17) is 5.73 Å². The van der Waals surface area contributed by atoms with E-state index in [0.29, 0.717) is 5.13 Å². The standard InChI is InChI=1S/C12H15N3S/c1-15(2)7-9-4-3-5-10(6-9)11-8-16-12(13)14-11/h3-6,8H,7H2,1-2H3,(H2,13,14). The summed E-state index contributed by atoms with van der Waals surface area (Å²) in [7, 11) is 4.13. The highest BCUT2D eigenvalue weighted by atomic mass is 32.1. The van der Waals surface area contributed by atoms with Gasteiger partial charge in [0, 0.05) is 17.5 Å². The molecule has 16 heavy (non-hydrogen) atoms. The molecule has 0 amide bonds. The van der Waals surface area contributed by atoms with E-state index in [9.17, 15) is 0 Å². The monoisotopic (exact) mass is 233 g/mol. The first-order chi connectivity index (χ1) is 7.65. The summed E-state index contributed by atoms with van der Waals surface area (Å²) in [5, 5.41) is 2.61. The Morgan fingerprint density at radius 3 is 2.81 bits per heavy atom. The van der Waals surface area contributed by atoms with Crippen LogP contribution in [0.15, 0.2) is 29.6 Å². The number of rotatable bonds is 3. The van der Waals surface area contributed by atoms with Crippen molar-refractivity contribution in [1.29, 1.82) is 0 Å². The van der Waals surface area contributed by atoms with Gasteiger partial charge in [0.1, 0.15) is 0 Å². The Balaban J connectivity index is 2.28. The molecular formula is C12H15N3S.